The van der Waals surface area contributed by atoms with Crippen LogP contribution in [0, 0.1) is 42.9 Å². The van der Waals surface area contributed by atoms with Gasteiger partial charge in [-0.15, -0.1) is 20.4 Å². The van der Waals surface area contributed by atoms with Crippen LogP contribution in [0.5, 0.6) is 0 Å². The van der Waals surface area contributed by atoms with Gasteiger partial charge in [-0.25, -0.2) is 31.9 Å². The number of hydrogen-bond acceptors (Lipinski definition) is 14. The number of nitrogens with one attached hydrogen (secondary N) is 1. The zero-order chi connectivity index (χ0) is 60.9. The second-order valence-electron chi connectivity index (χ2n) is 23.2. The normalized spacial score (nSPS) is 16.1. The van der Waals surface area contributed by atoms with Gasteiger partial charge in [0.15, 0.2) is 17.5 Å². The lowest BCUT2D eigenvalue weighted by molar-refractivity contribution is 0.220. The van der Waals surface area contributed by atoms with Crippen molar-refractivity contribution in [3.8, 4) is 33.8 Å². The monoisotopic (exact) mass is 1190 g/mol. The van der Waals surface area contributed by atoms with Gasteiger partial charge in [0.25, 0.3) is 0 Å². The largest absolute Gasteiger partial charge is 0.423 e. The number of likely N-dealkylation sites (tertiary alicyclic amines) is 1. The molecule has 1 N–H and O–H groups in total. The van der Waals surface area contributed by atoms with Crippen LogP contribution in [0.2, 0.25) is 0 Å². The molecular formula is C67H64F5N15O. The lowest BCUT2D eigenvalue weighted by atomic mass is 9.89. The molecule has 2 saturated heterocycles. The van der Waals surface area contributed by atoms with Gasteiger partial charge in [-0.05, 0) is 192 Å². The number of hydrogen-bond donors (Lipinski definition) is 1. The Hall–Kier alpha value is -9.21. The van der Waals surface area contributed by atoms with E-state index < -0.39 is 11.6 Å². The van der Waals surface area contributed by atoms with E-state index in [-0.39, 0.29) is 23.4 Å². The number of nitrogens with zero attached hydrogens (tertiary/aromatic N) is 14. The Morgan fingerprint density at radius 1 is 0.511 bits per heavy atom. The topological polar surface area (TPSA) is 170 Å². The third-order valence-corrected chi connectivity index (χ3v) is 17.3. The number of halogens is 5. The first-order valence-electron chi connectivity index (χ1n) is 29.9. The van der Waals surface area contributed by atoms with E-state index in [1.807, 2.05) is 37.3 Å². The number of benzene rings is 5. The number of rotatable bonds is 8. The van der Waals surface area contributed by atoms with Gasteiger partial charge in [-0.1, -0.05) is 13.0 Å². The standard InChI is InChI=1S/C23H21F2N5.C23H24FN5O.C21H19F2N5/c1-3-30-6-4-14(5-7-30)15-9-19(24)18-12-21(26-27-22(18)11-15)16-8-17-13-29(2)28-23(17)20(25)10-16;1-4-29-7-5-15(6-8-29)20-12-17-18(24)10-16(11-21(17)28-27-20)19-9-13(2)22-23(26-19)30-14(3)25-22;1-28-11-15-6-14(8-18(23)21(15)27-28)19-10-16-17(22)7-13(9-20(16)26-25-19)12-2-4-24-5-3-12/h4,6,8-14H,3,5,7H2,1-2H3;9-12,15H,4-8H2,1-3H3;6-12,24H,2-5H2,1H3. The van der Waals surface area contributed by atoms with E-state index in [0.29, 0.717) is 112 Å². The number of piperidine rings is 2. The fraction of sp³-hybridized carbons (Fsp3) is 0.313. The zero-order valence-electron chi connectivity index (χ0n) is 49.7. The Kier molecular flexibility index (Phi) is 15.9. The van der Waals surface area contributed by atoms with Gasteiger partial charge in [0.2, 0.25) is 5.71 Å². The summed E-state index contributed by atoms with van der Waals surface area (Å²) >= 11 is 0. The Balaban J connectivity index is 0.000000122. The molecule has 0 amide bonds. The molecule has 0 spiro atoms. The molecule has 12 aromatic rings. The van der Waals surface area contributed by atoms with Crippen LogP contribution in [-0.2, 0) is 14.1 Å². The molecule has 10 heterocycles. The number of allylic oxidation sites excluding steroid dienone is 1. The quantitative estimate of drug-likeness (QED) is 0.143. The molecular weight excluding hydrogens is 1130 g/mol. The highest BCUT2D eigenvalue weighted by Gasteiger charge is 2.24. The molecule has 2 fully saturated rings. The molecule has 5 aromatic carbocycles. The summed E-state index contributed by atoms with van der Waals surface area (Å²) in [6, 6.07) is 23.7. The maximum absolute atomic E-state index is 15.1. The average Bonchev–Trinajstić information content (AvgIpc) is 1.81. The fourth-order valence-corrected chi connectivity index (χ4v) is 12.4. The van der Waals surface area contributed by atoms with Gasteiger partial charge < -0.3 is 19.5 Å². The lowest BCUT2D eigenvalue weighted by Crippen LogP contribution is -2.32. The van der Waals surface area contributed by atoms with Crippen molar-refractivity contribution in [2.75, 3.05) is 45.8 Å². The maximum atomic E-state index is 15.1. The van der Waals surface area contributed by atoms with E-state index >= 15 is 4.39 Å². The van der Waals surface area contributed by atoms with Crippen LogP contribution < -0.4 is 5.32 Å². The molecule has 16 nitrogen and oxygen atoms in total. The molecule has 1 unspecified atom stereocenters. The highest BCUT2D eigenvalue weighted by Crippen LogP contribution is 2.36. The van der Waals surface area contributed by atoms with Crippen molar-refractivity contribution in [1.29, 1.82) is 0 Å². The first-order valence-corrected chi connectivity index (χ1v) is 29.9. The Labute approximate surface area is 503 Å². The summed E-state index contributed by atoms with van der Waals surface area (Å²) in [7, 11) is 3.48. The number of aromatic nitrogens is 12. The summed E-state index contributed by atoms with van der Waals surface area (Å²) in [5, 5.41) is 39.9. The maximum Gasteiger partial charge on any atom is 0.247 e. The first-order chi connectivity index (χ1) is 42.6. The second-order valence-corrected chi connectivity index (χ2v) is 23.2. The molecule has 0 saturated carbocycles. The van der Waals surface area contributed by atoms with Crippen molar-refractivity contribution in [1.82, 2.24) is 75.2 Å². The van der Waals surface area contributed by atoms with Crippen LogP contribution in [0.15, 0.2) is 114 Å². The number of oxazole rings is 1. The molecule has 88 heavy (non-hydrogen) atoms. The highest BCUT2D eigenvalue weighted by atomic mass is 19.1. The minimum Gasteiger partial charge on any atom is -0.423 e. The molecule has 448 valence electrons. The molecule has 0 aliphatic carbocycles. The van der Waals surface area contributed by atoms with Gasteiger partial charge >= 0.3 is 0 Å². The van der Waals surface area contributed by atoms with Crippen LogP contribution in [-0.4, -0.2) is 116 Å². The molecule has 15 rings (SSSR count). The summed E-state index contributed by atoms with van der Waals surface area (Å²) in [6.45, 7) is 15.0. The zero-order valence-corrected chi connectivity index (χ0v) is 49.7. The third-order valence-electron chi connectivity index (χ3n) is 17.3. The SMILES string of the molecule is CCN1C=CC(c2cc(F)c3cc(-c4cc(F)c5nn(C)cc5c4)nnc3c2)CC1.CCN1CCC(c2cc3c(F)cc(-c4cc(C)c5nc(C)oc5n4)cc3nn2)CC1.Cn1cc2cc(-c3cc4c(F)cc(C5CCNCC5)cc4nn3)cc(F)c2n1. The Morgan fingerprint density at radius 3 is 1.67 bits per heavy atom. The van der Waals surface area contributed by atoms with Crippen molar-refractivity contribution in [2.24, 2.45) is 14.1 Å². The Bertz CT molecular complexity index is 4660. The van der Waals surface area contributed by atoms with Gasteiger partial charge in [-0.3, -0.25) is 9.36 Å². The fourth-order valence-electron chi connectivity index (χ4n) is 12.4. The minimum atomic E-state index is -0.439. The lowest BCUT2D eigenvalue weighted by Gasteiger charge is -2.30. The summed E-state index contributed by atoms with van der Waals surface area (Å²) < 4.78 is 82.5. The van der Waals surface area contributed by atoms with Crippen LogP contribution >= 0.6 is 0 Å². The smallest absolute Gasteiger partial charge is 0.247 e. The molecule has 3 aliphatic rings. The molecule has 7 aromatic heterocycles. The summed E-state index contributed by atoms with van der Waals surface area (Å²) in [5.74, 6) is -0.437. The van der Waals surface area contributed by atoms with E-state index in [9.17, 15) is 17.6 Å². The number of aryl methyl sites for hydroxylation is 4. The summed E-state index contributed by atoms with van der Waals surface area (Å²) in [5.41, 5.74) is 10.3. The predicted molar refractivity (Wildman–Crippen MR) is 331 cm³/mol. The highest BCUT2D eigenvalue weighted by molar-refractivity contribution is 5.90. The summed E-state index contributed by atoms with van der Waals surface area (Å²) in [4.78, 5) is 13.5. The van der Waals surface area contributed by atoms with Crippen molar-refractivity contribution in [2.45, 2.75) is 77.6 Å². The van der Waals surface area contributed by atoms with Gasteiger partial charge in [0, 0.05) is 102 Å². The average molecular weight is 1190 g/mol. The van der Waals surface area contributed by atoms with Crippen LogP contribution in [0.4, 0.5) is 22.0 Å². The van der Waals surface area contributed by atoms with Crippen molar-refractivity contribution >= 4 is 65.7 Å². The molecule has 1 atom stereocenters. The van der Waals surface area contributed by atoms with Gasteiger partial charge in [0.1, 0.15) is 34.0 Å². The van der Waals surface area contributed by atoms with E-state index in [1.54, 1.807) is 79.2 Å². The molecule has 0 bridgehead atoms. The number of fused-ring (bicyclic) bond motifs is 6. The van der Waals surface area contributed by atoms with E-state index in [0.717, 1.165) is 106 Å². The van der Waals surface area contributed by atoms with Crippen LogP contribution in [0.25, 0.3) is 99.5 Å². The second kappa shape index (κ2) is 24.2. The third kappa shape index (κ3) is 11.7. The van der Waals surface area contributed by atoms with Crippen LogP contribution in [0.1, 0.15) is 92.0 Å². The number of pyridine rings is 1. The van der Waals surface area contributed by atoms with Crippen molar-refractivity contribution in [3.05, 3.63) is 167 Å². The van der Waals surface area contributed by atoms with E-state index in [1.165, 1.54) is 18.2 Å². The Morgan fingerprint density at radius 2 is 1.07 bits per heavy atom. The predicted octanol–water partition coefficient (Wildman–Crippen LogP) is 13.5. The van der Waals surface area contributed by atoms with E-state index in [2.05, 4.69) is 92.0 Å². The molecule has 3 aliphatic heterocycles. The molecule has 21 heteroatoms. The minimum absolute atomic E-state index is 0.162. The summed E-state index contributed by atoms with van der Waals surface area (Å²) in [6.07, 6.45) is 12.6. The first kappa shape index (κ1) is 57.8. The van der Waals surface area contributed by atoms with Crippen molar-refractivity contribution < 1.29 is 26.4 Å². The van der Waals surface area contributed by atoms with Crippen LogP contribution in [0.3, 0.4) is 0 Å². The molecule has 0 radical (unpaired) electrons. The van der Waals surface area contributed by atoms with E-state index in [4.69, 9.17) is 4.42 Å². The van der Waals surface area contributed by atoms with Crippen molar-refractivity contribution in [3.63, 3.8) is 0 Å². The van der Waals surface area contributed by atoms with Gasteiger partial charge in [0.05, 0.1) is 39.3 Å². The van der Waals surface area contributed by atoms with Gasteiger partial charge in [-0.2, -0.15) is 20.4 Å².